The van der Waals surface area contributed by atoms with Gasteiger partial charge in [0, 0.05) is 17.6 Å². The highest BCUT2D eigenvalue weighted by Gasteiger charge is 2.23. The zero-order chi connectivity index (χ0) is 13.8. The van der Waals surface area contributed by atoms with Gasteiger partial charge < -0.3 is 10.1 Å². The lowest BCUT2D eigenvalue weighted by atomic mass is 10.2. The fraction of sp³-hybridized carbons (Fsp3) is 0.500. The number of nitrogens with zero attached hydrogens (tertiary/aromatic N) is 1. The Hall–Kier alpha value is -0.910. The van der Waals surface area contributed by atoms with Crippen LogP contribution >= 0.6 is 15.9 Å². The molecule has 2 rings (SSSR count). The van der Waals surface area contributed by atoms with Crippen molar-refractivity contribution in [3.63, 3.8) is 0 Å². The Morgan fingerprint density at radius 1 is 1.42 bits per heavy atom. The van der Waals surface area contributed by atoms with Gasteiger partial charge in [-0.3, -0.25) is 9.69 Å². The van der Waals surface area contributed by atoms with Gasteiger partial charge in [-0.2, -0.15) is 0 Å². The van der Waals surface area contributed by atoms with Gasteiger partial charge in [0.25, 0.3) is 0 Å². The minimum atomic E-state index is -0.142. The van der Waals surface area contributed by atoms with Crippen LogP contribution in [0.25, 0.3) is 0 Å². The van der Waals surface area contributed by atoms with Gasteiger partial charge in [-0.25, -0.2) is 0 Å². The molecule has 1 aromatic carbocycles. The summed E-state index contributed by atoms with van der Waals surface area (Å²) in [6.45, 7) is 6.97. The minimum Gasteiger partial charge on any atom is -0.379 e. The van der Waals surface area contributed by atoms with E-state index in [0.717, 1.165) is 28.8 Å². The molecular weight excluding hydrogens is 308 g/mol. The number of anilines is 1. The summed E-state index contributed by atoms with van der Waals surface area (Å²) in [7, 11) is 0. The summed E-state index contributed by atoms with van der Waals surface area (Å²) >= 11 is 3.47. The predicted molar refractivity (Wildman–Crippen MR) is 79.4 cm³/mol. The molecule has 1 saturated heterocycles. The third-order valence-electron chi connectivity index (χ3n) is 3.36. The molecule has 1 aliphatic heterocycles. The van der Waals surface area contributed by atoms with Crippen LogP contribution in [0.5, 0.6) is 0 Å². The van der Waals surface area contributed by atoms with E-state index in [-0.39, 0.29) is 11.9 Å². The third-order valence-corrected chi connectivity index (χ3v) is 4.01. The van der Waals surface area contributed by atoms with Crippen LogP contribution in [0.2, 0.25) is 0 Å². The van der Waals surface area contributed by atoms with Crippen LogP contribution < -0.4 is 5.32 Å². The Labute approximate surface area is 122 Å². The molecule has 1 fully saturated rings. The lowest BCUT2D eigenvalue weighted by molar-refractivity contribution is -0.122. The van der Waals surface area contributed by atoms with Gasteiger partial charge in [-0.05, 0) is 47.5 Å². The molecule has 1 aromatic rings. The van der Waals surface area contributed by atoms with Crippen LogP contribution in [-0.4, -0.2) is 43.2 Å². The first-order valence-electron chi connectivity index (χ1n) is 6.47. The Balaban J connectivity index is 1.99. The smallest absolute Gasteiger partial charge is 0.241 e. The number of benzene rings is 1. The number of rotatable bonds is 3. The minimum absolute atomic E-state index is 0.0199. The van der Waals surface area contributed by atoms with Gasteiger partial charge in [-0.1, -0.05) is 6.07 Å². The summed E-state index contributed by atoms with van der Waals surface area (Å²) in [4.78, 5) is 14.4. The van der Waals surface area contributed by atoms with Crippen LogP contribution in [0.15, 0.2) is 22.7 Å². The fourth-order valence-electron chi connectivity index (χ4n) is 2.09. The lowest BCUT2D eigenvalue weighted by Gasteiger charge is -2.31. The standard InChI is InChI=1S/C14H19BrN2O2/c1-10-3-4-13(12(15)9-10)16-14(18)11(2)17-5-7-19-8-6-17/h3-4,9,11H,5-8H2,1-2H3,(H,16,18)/t11-/m1/s1. The molecule has 0 saturated carbocycles. The SMILES string of the molecule is Cc1ccc(NC(=O)[C@@H](C)N2CCOCC2)c(Br)c1. The van der Waals surface area contributed by atoms with E-state index in [1.54, 1.807) is 0 Å². The van der Waals surface area contributed by atoms with E-state index in [9.17, 15) is 4.79 Å². The zero-order valence-corrected chi connectivity index (χ0v) is 12.9. The van der Waals surface area contributed by atoms with Crippen molar-refractivity contribution in [1.29, 1.82) is 0 Å². The Morgan fingerprint density at radius 3 is 2.74 bits per heavy atom. The number of hydrogen-bond acceptors (Lipinski definition) is 3. The summed E-state index contributed by atoms with van der Waals surface area (Å²) in [5, 5.41) is 2.97. The van der Waals surface area contributed by atoms with E-state index in [0.29, 0.717) is 13.2 Å². The molecule has 19 heavy (non-hydrogen) atoms. The zero-order valence-electron chi connectivity index (χ0n) is 11.3. The summed E-state index contributed by atoms with van der Waals surface area (Å²) in [5.74, 6) is 0.0199. The molecule has 0 bridgehead atoms. The van der Waals surface area contributed by atoms with Crippen molar-refractivity contribution in [2.24, 2.45) is 0 Å². The second kappa shape index (κ2) is 6.50. The van der Waals surface area contributed by atoms with Crippen LogP contribution in [0, 0.1) is 6.92 Å². The monoisotopic (exact) mass is 326 g/mol. The number of amides is 1. The third kappa shape index (κ3) is 3.78. The van der Waals surface area contributed by atoms with E-state index in [1.807, 2.05) is 32.0 Å². The number of morpholine rings is 1. The Kier molecular flexibility index (Phi) is 4.96. The number of ether oxygens (including phenoxy) is 1. The van der Waals surface area contributed by atoms with E-state index in [1.165, 1.54) is 0 Å². The first kappa shape index (κ1) is 14.5. The molecule has 0 aliphatic carbocycles. The fourth-order valence-corrected chi connectivity index (χ4v) is 2.68. The topological polar surface area (TPSA) is 41.6 Å². The number of carbonyl (C=O) groups is 1. The molecule has 0 spiro atoms. The van der Waals surface area contributed by atoms with Crippen LogP contribution in [0.4, 0.5) is 5.69 Å². The van der Waals surface area contributed by atoms with Crippen molar-refractivity contribution < 1.29 is 9.53 Å². The van der Waals surface area contributed by atoms with E-state index < -0.39 is 0 Å². The highest BCUT2D eigenvalue weighted by Crippen LogP contribution is 2.23. The molecule has 1 aliphatic rings. The van der Waals surface area contributed by atoms with Crippen molar-refractivity contribution in [2.75, 3.05) is 31.6 Å². The number of aryl methyl sites for hydroxylation is 1. The normalized spacial score (nSPS) is 18.1. The molecular formula is C14H19BrN2O2. The van der Waals surface area contributed by atoms with Crippen LogP contribution in [0.1, 0.15) is 12.5 Å². The Morgan fingerprint density at radius 2 is 2.11 bits per heavy atom. The molecule has 1 amide bonds. The van der Waals surface area contributed by atoms with E-state index >= 15 is 0 Å². The number of carbonyl (C=O) groups excluding carboxylic acids is 1. The maximum Gasteiger partial charge on any atom is 0.241 e. The van der Waals surface area contributed by atoms with Crippen molar-refractivity contribution in [2.45, 2.75) is 19.9 Å². The molecule has 1 heterocycles. The highest BCUT2D eigenvalue weighted by molar-refractivity contribution is 9.10. The summed E-state index contributed by atoms with van der Waals surface area (Å²) in [5.41, 5.74) is 1.97. The number of hydrogen-bond donors (Lipinski definition) is 1. The van der Waals surface area contributed by atoms with Crippen molar-refractivity contribution in [3.8, 4) is 0 Å². The van der Waals surface area contributed by atoms with Crippen molar-refractivity contribution in [3.05, 3.63) is 28.2 Å². The molecule has 0 unspecified atom stereocenters. The second-order valence-electron chi connectivity index (χ2n) is 4.80. The molecule has 0 aromatic heterocycles. The van der Waals surface area contributed by atoms with Gasteiger partial charge in [0.05, 0.1) is 24.9 Å². The van der Waals surface area contributed by atoms with Gasteiger partial charge in [0.15, 0.2) is 0 Å². The molecule has 1 atom stereocenters. The molecule has 4 nitrogen and oxygen atoms in total. The summed E-state index contributed by atoms with van der Waals surface area (Å²) in [6.07, 6.45) is 0. The van der Waals surface area contributed by atoms with E-state index in [2.05, 4.69) is 26.1 Å². The van der Waals surface area contributed by atoms with Crippen LogP contribution in [-0.2, 0) is 9.53 Å². The summed E-state index contributed by atoms with van der Waals surface area (Å²) < 4.78 is 6.21. The average molecular weight is 327 g/mol. The van der Waals surface area contributed by atoms with Crippen molar-refractivity contribution in [1.82, 2.24) is 4.90 Å². The number of nitrogens with one attached hydrogen (secondary N) is 1. The Bertz CT molecular complexity index is 459. The summed E-state index contributed by atoms with van der Waals surface area (Å²) in [6, 6.07) is 5.76. The maximum absolute atomic E-state index is 12.2. The predicted octanol–water partition coefficient (Wildman–Crippen LogP) is 2.42. The molecule has 1 N–H and O–H groups in total. The van der Waals surface area contributed by atoms with Crippen LogP contribution in [0.3, 0.4) is 0 Å². The molecule has 0 radical (unpaired) electrons. The van der Waals surface area contributed by atoms with Gasteiger partial charge in [0.2, 0.25) is 5.91 Å². The lowest BCUT2D eigenvalue weighted by Crippen LogP contribution is -2.47. The van der Waals surface area contributed by atoms with Crippen molar-refractivity contribution >= 4 is 27.5 Å². The highest BCUT2D eigenvalue weighted by atomic mass is 79.9. The maximum atomic E-state index is 12.2. The molecule has 104 valence electrons. The van der Waals surface area contributed by atoms with Gasteiger partial charge in [-0.15, -0.1) is 0 Å². The molecule has 5 heteroatoms. The first-order chi connectivity index (χ1) is 9.08. The van der Waals surface area contributed by atoms with Gasteiger partial charge >= 0.3 is 0 Å². The number of halogens is 1. The second-order valence-corrected chi connectivity index (χ2v) is 5.65. The first-order valence-corrected chi connectivity index (χ1v) is 7.26. The van der Waals surface area contributed by atoms with E-state index in [4.69, 9.17) is 4.74 Å². The quantitative estimate of drug-likeness (QED) is 0.927. The van der Waals surface area contributed by atoms with Gasteiger partial charge in [0.1, 0.15) is 0 Å². The largest absolute Gasteiger partial charge is 0.379 e. The average Bonchev–Trinajstić information content (AvgIpc) is 2.42.